The number of nitro groups is 1. The molecule has 0 amide bonds. The van der Waals surface area contributed by atoms with Crippen LogP contribution in [0.5, 0.6) is 0 Å². The third kappa shape index (κ3) is 4.48. The Morgan fingerprint density at radius 1 is 1.03 bits per heavy atom. The van der Waals surface area contributed by atoms with E-state index in [-0.39, 0.29) is 10.6 Å². The van der Waals surface area contributed by atoms with Crippen molar-refractivity contribution in [1.29, 1.82) is 0 Å². The smallest absolute Gasteiger partial charge is 0.269 e. The molecule has 37 heavy (non-hydrogen) atoms. The second kappa shape index (κ2) is 9.83. The molecule has 192 valence electrons. The Bertz CT molecular complexity index is 1430. The highest BCUT2D eigenvalue weighted by Gasteiger charge is 2.29. The predicted molar refractivity (Wildman–Crippen MR) is 147 cm³/mol. The van der Waals surface area contributed by atoms with E-state index in [1.54, 1.807) is 29.8 Å². The topological polar surface area (TPSA) is 93.2 Å². The van der Waals surface area contributed by atoms with E-state index in [0.717, 1.165) is 85.2 Å². The molecule has 5 heterocycles. The van der Waals surface area contributed by atoms with Gasteiger partial charge in [0.2, 0.25) is 0 Å². The second-order valence-corrected chi connectivity index (χ2v) is 11.2. The summed E-state index contributed by atoms with van der Waals surface area (Å²) in [6.45, 7) is 9.93. The summed E-state index contributed by atoms with van der Waals surface area (Å²) in [4.78, 5) is 31.2. The molecular weight excluding hydrogens is 486 g/mol. The van der Waals surface area contributed by atoms with E-state index in [1.807, 2.05) is 12.1 Å². The van der Waals surface area contributed by atoms with Gasteiger partial charge in [0.1, 0.15) is 22.4 Å². The zero-order chi connectivity index (χ0) is 25.5. The van der Waals surface area contributed by atoms with Crippen LogP contribution in [0.25, 0.3) is 21.6 Å². The van der Waals surface area contributed by atoms with Gasteiger partial charge in [-0.25, -0.2) is 15.0 Å². The third-order valence-corrected chi connectivity index (χ3v) is 8.84. The first-order chi connectivity index (χ1) is 18.0. The van der Waals surface area contributed by atoms with E-state index in [1.165, 1.54) is 29.0 Å². The van der Waals surface area contributed by atoms with E-state index in [4.69, 9.17) is 15.0 Å². The zero-order valence-electron chi connectivity index (χ0n) is 21.3. The number of fused-ring (bicyclic) bond motifs is 3. The minimum absolute atomic E-state index is 0.143. The summed E-state index contributed by atoms with van der Waals surface area (Å²) in [5.74, 6) is 1.04. The molecule has 0 unspecified atom stereocenters. The van der Waals surface area contributed by atoms with E-state index in [0.29, 0.717) is 0 Å². The van der Waals surface area contributed by atoms with Crippen LogP contribution in [-0.4, -0.2) is 62.1 Å². The Morgan fingerprint density at radius 2 is 1.81 bits per heavy atom. The lowest BCUT2D eigenvalue weighted by molar-refractivity contribution is -0.384. The van der Waals surface area contributed by atoms with Crippen LogP contribution in [0.2, 0.25) is 0 Å². The first-order valence-electron chi connectivity index (χ1n) is 13.0. The van der Waals surface area contributed by atoms with Crippen molar-refractivity contribution in [2.45, 2.75) is 46.1 Å². The number of aryl methyl sites for hydroxylation is 3. The van der Waals surface area contributed by atoms with Crippen LogP contribution in [0.1, 0.15) is 34.7 Å². The van der Waals surface area contributed by atoms with Gasteiger partial charge in [-0.3, -0.25) is 15.0 Å². The highest BCUT2D eigenvalue weighted by molar-refractivity contribution is 7.15. The predicted octanol–water partition coefficient (Wildman–Crippen LogP) is 4.78. The lowest BCUT2D eigenvalue weighted by Gasteiger charge is -2.35. The third-order valence-electron chi connectivity index (χ3n) is 7.75. The quantitative estimate of drug-likeness (QED) is 0.268. The molecule has 0 N–H and O–H groups in total. The normalized spacial score (nSPS) is 16.3. The standard InChI is InChI=1S/C27H31N7O2S/c1-18-19(2)37-27(30-18)23-22-5-3-4-11-33(22)25-24(23)28-17-29-26(25)32-15-13-31(14-16-32)12-10-20-6-8-21(9-7-20)34(35)36/h6-9,17H,3-5,10-16H2,1-2H3. The molecule has 0 aliphatic carbocycles. The molecule has 6 rings (SSSR count). The average molecular weight is 518 g/mol. The summed E-state index contributed by atoms with van der Waals surface area (Å²) >= 11 is 1.77. The fraction of sp³-hybridized carbons (Fsp3) is 0.444. The number of piperazine rings is 1. The maximum absolute atomic E-state index is 10.9. The fourth-order valence-corrected chi connectivity index (χ4v) is 6.55. The molecule has 9 nitrogen and oxygen atoms in total. The van der Waals surface area contributed by atoms with Crippen molar-refractivity contribution >= 4 is 33.9 Å². The Kier molecular flexibility index (Phi) is 6.37. The van der Waals surface area contributed by atoms with Gasteiger partial charge in [0.05, 0.1) is 16.2 Å². The van der Waals surface area contributed by atoms with E-state index in [9.17, 15) is 10.1 Å². The molecule has 2 aliphatic heterocycles. The minimum Gasteiger partial charge on any atom is -0.352 e. The molecule has 3 aromatic heterocycles. The summed E-state index contributed by atoms with van der Waals surface area (Å²) in [5.41, 5.74) is 7.14. The van der Waals surface area contributed by atoms with Crippen molar-refractivity contribution in [3.05, 3.63) is 62.5 Å². The Morgan fingerprint density at radius 3 is 2.51 bits per heavy atom. The number of anilines is 1. The van der Waals surface area contributed by atoms with Crippen molar-refractivity contribution in [1.82, 2.24) is 24.4 Å². The highest BCUT2D eigenvalue weighted by Crippen LogP contribution is 2.41. The maximum atomic E-state index is 10.9. The van der Waals surface area contributed by atoms with Crippen LogP contribution < -0.4 is 4.90 Å². The molecule has 0 saturated carbocycles. The van der Waals surface area contributed by atoms with Crippen LogP contribution in [0.15, 0.2) is 30.6 Å². The van der Waals surface area contributed by atoms with Crippen LogP contribution in [-0.2, 0) is 19.4 Å². The fourth-order valence-electron chi connectivity index (χ4n) is 5.57. The van der Waals surface area contributed by atoms with Crippen molar-refractivity contribution < 1.29 is 4.92 Å². The van der Waals surface area contributed by atoms with E-state index in [2.05, 4.69) is 28.2 Å². The van der Waals surface area contributed by atoms with Gasteiger partial charge in [0.25, 0.3) is 5.69 Å². The molecule has 4 aromatic rings. The molecule has 1 saturated heterocycles. The van der Waals surface area contributed by atoms with Gasteiger partial charge in [-0.05, 0) is 45.1 Å². The molecule has 0 atom stereocenters. The van der Waals surface area contributed by atoms with E-state index >= 15 is 0 Å². The Balaban J connectivity index is 1.22. The van der Waals surface area contributed by atoms with Gasteiger partial charge >= 0.3 is 0 Å². The number of nitro benzene ring substituents is 1. The van der Waals surface area contributed by atoms with E-state index < -0.39 is 0 Å². The number of aromatic nitrogens is 4. The van der Waals surface area contributed by atoms with Gasteiger partial charge in [0, 0.05) is 62.0 Å². The number of nitrogens with zero attached hydrogens (tertiary/aromatic N) is 7. The maximum Gasteiger partial charge on any atom is 0.269 e. The first-order valence-corrected chi connectivity index (χ1v) is 13.8. The number of hydrogen-bond acceptors (Lipinski definition) is 8. The van der Waals surface area contributed by atoms with Crippen molar-refractivity contribution in [2.24, 2.45) is 0 Å². The van der Waals surface area contributed by atoms with Gasteiger partial charge in [0.15, 0.2) is 5.82 Å². The monoisotopic (exact) mass is 517 g/mol. The van der Waals surface area contributed by atoms with Crippen molar-refractivity contribution in [2.75, 3.05) is 37.6 Å². The SMILES string of the molecule is Cc1nc(-c2c3n(c4c(N5CCN(CCc6ccc([N+](=O)[O-])cc6)CC5)ncnc24)CCCC3)sc1C. The Labute approximate surface area is 219 Å². The van der Waals surface area contributed by atoms with Crippen LogP contribution >= 0.6 is 11.3 Å². The van der Waals surface area contributed by atoms with Crippen molar-refractivity contribution in [3.8, 4) is 10.6 Å². The van der Waals surface area contributed by atoms with Crippen LogP contribution in [0.3, 0.4) is 0 Å². The molecule has 10 heteroatoms. The number of hydrogen-bond donors (Lipinski definition) is 0. The summed E-state index contributed by atoms with van der Waals surface area (Å²) in [7, 11) is 0. The molecular formula is C27H31N7O2S. The zero-order valence-corrected chi connectivity index (χ0v) is 22.1. The minimum atomic E-state index is -0.350. The van der Waals surface area contributed by atoms with Crippen LogP contribution in [0, 0.1) is 24.0 Å². The highest BCUT2D eigenvalue weighted by atomic mass is 32.1. The lowest BCUT2D eigenvalue weighted by Crippen LogP contribution is -2.47. The first kappa shape index (κ1) is 24.0. The summed E-state index contributed by atoms with van der Waals surface area (Å²) in [6, 6.07) is 6.92. The van der Waals surface area contributed by atoms with Gasteiger partial charge in [-0.2, -0.15) is 0 Å². The van der Waals surface area contributed by atoms with Gasteiger partial charge < -0.3 is 9.47 Å². The van der Waals surface area contributed by atoms with Gasteiger partial charge in [-0.1, -0.05) is 12.1 Å². The molecule has 0 radical (unpaired) electrons. The number of rotatable bonds is 6. The largest absolute Gasteiger partial charge is 0.352 e. The summed E-state index contributed by atoms with van der Waals surface area (Å²) < 4.78 is 2.47. The summed E-state index contributed by atoms with van der Waals surface area (Å²) in [5, 5.41) is 12.0. The second-order valence-electron chi connectivity index (χ2n) is 9.99. The molecule has 0 spiro atoms. The summed E-state index contributed by atoms with van der Waals surface area (Å²) in [6.07, 6.45) is 6.04. The van der Waals surface area contributed by atoms with Gasteiger partial charge in [-0.15, -0.1) is 11.3 Å². The van der Waals surface area contributed by atoms with Crippen molar-refractivity contribution in [3.63, 3.8) is 0 Å². The Hall–Kier alpha value is -3.37. The number of non-ortho nitro benzene ring substituents is 1. The van der Waals surface area contributed by atoms with Crippen LogP contribution in [0.4, 0.5) is 11.5 Å². The number of thiazole rings is 1. The average Bonchev–Trinajstić information content (AvgIpc) is 3.44. The molecule has 2 aliphatic rings. The lowest BCUT2D eigenvalue weighted by atomic mass is 10.1. The molecule has 0 bridgehead atoms. The number of benzene rings is 1. The molecule has 1 fully saturated rings. The molecule has 1 aromatic carbocycles.